The Morgan fingerprint density at radius 3 is 2.53 bits per heavy atom. The van der Waals surface area contributed by atoms with Crippen LogP contribution in [0, 0.1) is 6.92 Å². The number of ether oxygens (including phenoxy) is 2. The molecule has 166 valence electrons. The predicted octanol–water partition coefficient (Wildman–Crippen LogP) is 4.72. The summed E-state index contributed by atoms with van der Waals surface area (Å²) in [5, 5.41) is 17.5. The molecule has 0 aliphatic carbocycles. The van der Waals surface area contributed by atoms with Crippen molar-refractivity contribution in [1.82, 2.24) is 25.0 Å². The topological polar surface area (TPSA) is 88.1 Å². The molecule has 0 saturated heterocycles. The standard InChI is InChI=1S/C23H25N5O3S/c1-16(22-26-24-17(2)31-22)32-23-27-25-21(28(23)13-14-29-3)15-30-20-12-8-7-11-19(20)18-9-5-4-6-10-18/h4-12,16H,13-15H2,1-3H3/t16-/m0/s1. The molecule has 0 fully saturated rings. The molecular weight excluding hydrogens is 426 g/mol. The Bertz CT molecular complexity index is 1150. The fourth-order valence-corrected chi connectivity index (χ4v) is 4.12. The van der Waals surface area contributed by atoms with Gasteiger partial charge in [-0.25, -0.2) is 0 Å². The van der Waals surface area contributed by atoms with E-state index in [4.69, 9.17) is 13.9 Å². The van der Waals surface area contributed by atoms with E-state index in [-0.39, 0.29) is 11.9 Å². The summed E-state index contributed by atoms with van der Waals surface area (Å²) < 4.78 is 19.0. The minimum Gasteiger partial charge on any atom is -0.485 e. The first-order valence-corrected chi connectivity index (χ1v) is 11.2. The first-order chi connectivity index (χ1) is 15.7. The van der Waals surface area contributed by atoms with Crippen molar-refractivity contribution in [2.75, 3.05) is 13.7 Å². The summed E-state index contributed by atoms with van der Waals surface area (Å²) in [6, 6.07) is 18.2. The van der Waals surface area contributed by atoms with Crippen molar-refractivity contribution in [3.63, 3.8) is 0 Å². The fraction of sp³-hybridized carbons (Fsp3) is 0.304. The summed E-state index contributed by atoms with van der Waals surface area (Å²) in [4.78, 5) is 0. The van der Waals surface area contributed by atoms with Crippen molar-refractivity contribution in [2.45, 2.75) is 37.4 Å². The molecular formula is C23H25N5O3S. The van der Waals surface area contributed by atoms with Crippen molar-refractivity contribution in [1.29, 1.82) is 0 Å². The normalized spacial score (nSPS) is 12.1. The lowest BCUT2D eigenvalue weighted by atomic mass is 10.1. The molecule has 0 radical (unpaired) electrons. The van der Waals surface area contributed by atoms with E-state index in [1.165, 1.54) is 11.8 Å². The first kappa shape index (κ1) is 22.0. The molecule has 2 aromatic carbocycles. The van der Waals surface area contributed by atoms with Gasteiger partial charge in [0.25, 0.3) is 0 Å². The molecule has 8 nitrogen and oxygen atoms in total. The maximum absolute atomic E-state index is 6.19. The third kappa shape index (κ3) is 5.17. The number of hydrogen-bond acceptors (Lipinski definition) is 8. The van der Waals surface area contributed by atoms with Gasteiger partial charge < -0.3 is 18.5 Å². The van der Waals surface area contributed by atoms with E-state index in [1.807, 2.05) is 47.9 Å². The minimum absolute atomic E-state index is 0.0609. The average molecular weight is 452 g/mol. The van der Waals surface area contributed by atoms with E-state index in [0.717, 1.165) is 27.9 Å². The van der Waals surface area contributed by atoms with Crippen molar-refractivity contribution in [3.05, 3.63) is 72.2 Å². The SMILES string of the molecule is COCCn1c(COc2ccccc2-c2ccccc2)nnc1S[C@@H](C)c1nnc(C)o1. The van der Waals surface area contributed by atoms with Crippen molar-refractivity contribution < 1.29 is 13.9 Å². The van der Waals surface area contributed by atoms with Gasteiger partial charge in [0, 0.05) is 26.1 Å². The predicted molar refractivity (Wildman–Crippen MR) is 121 cm³/mol. The maximum atomic E-state index is 6.19. The molecule has 0 amide bonds. The van der Waals surface area contributed by atoms with E-state index in [2.05, 4.69) is 38.6 Å². The fourth-order valence-electron chi connectivity index (χ4n) is 3.20. The molecule has 32 heavy (non-hydrogen) atoms. The third-order valence-electron chi connectivity index (χ3n) is 4.81. The van der Waals surface area contributed by atoms with E-state index in [9.17, 15) is 0 Å². The van der Waals surface area contributed by atoms with E-state index >= 15 is 0 Å². The molecule has 0 N–H and O–H groups in total. The van der Waals surface area contributed by atoms with Gasteiger partial charge in [0.15, 0.2) is 11.0 Å². The van der Waals surface area contributed by atoms with Gasteiger partial charge in [-0.3, -0.25) is 0 Å². The average Bonchev–Trinajstić information content (AvgIpc) is 3.43. The van der Waals surface area contributed by atoms with Gasteiger partial charge in [0.05, 0.1) is 11.9 Å². The van der Waals surface area contributed by atoms with Crippen LogP contribution in [0.3, 0.4) is 0 Å². The second kappa shape index (κ2) is 10.4. The van der Waals surface area contributed by atoms with E-state index < -0.39 is 0 Å². The van der Waals surface area contributed by atoms with Gasteiger partial charge in [-0.2, -0.15) is 0 Å². The van der Waals surface area contributed by atoms with Crippen molar-refractivity contribution >= 4 is 11.8 Å². The lowest BCUT2D eigenvalue weighted by molar-refractivity contribution is 0.181. The number of nitrogens with zero attached hydrogens (tertiary/aromatic N) is 5. The van der Waals surface area contributed by atoms with Crippen LogP contribution in [-0.2, 0) is 17.9 Å². The second-order valence-corrected chi connectivity index (χ2v) is 8.42. The Morgan fingerprint density at radius 2 is 1.78 bits per heavy atom. The molecule has 2 aromatic heterocycles. The summed E-state index contributed by atoms with van der Waals surface area (Å²) in [5.41, 5.74) is 2.13. The molecule has 0 saturated carbocycles. The number of aryl methyl sites for hydroxylation is 1. The van der Waals surface area contributed by atoms with Crippen molar-refractivity contribution in [3.8, 4) is 16.9 Å². The number of methoxy groups -OCH3 is 1. The quantitative estimate of drug-likeness (QED) is 0.320. The maximum Gasteiger partial charge on any atom is 0.229 e. The summed E-state index contributed by atoms with van der Waals surface area (Å²) in [7, 11) is 1.67. The van der Waals surface area contributed by atoms with Crippen LogP contribution in [0.1, 0.15) is 29.8 Å². The summed E-state index contributed by atoms with van der Waals surface area (Å²) in [6.07, 6.45) is 0. The molecule has 9 heteroatoms. The lowest BCUT2D eigenvalue weighted by Gasteiger charge is -2.14. The number of aromatic nitrogens is 5. The van der Waals surface area contributed by atoms with Crippen LogP contribution in [0.25, 0.3) is 11.1 Å². The highest BCUT2D eigenvalue weighted by molar-refractivity contribution is 7.99. The zero-order valence-corrected chi connectivity index (χ0v) is 19.1. The monoisotopic (exact) mass is 451 g/mol. The summed E-state index contributed by atoms with van der Waals surface area (Å²) >= 11 is 1.51. The number of rotatable bonds is 10. The van der Waals surface area contributed by atoms with Gasteiger partial charge in [-0.05, 0) is 18.6 Å². The van der Waals surface area contributed by atoms with Gasteiger partial charge in [0.1, 0.15) is 12.4 Å². The van der Waals surface area contributed by atoms with Gasteiger partial charge in [-0.1, -0.05) is 60.3 Å². The second-order valence-electron chi connectivity index (χ2n) is 7.11. The Kier molecular flexibility index (Phi) is 7.18. The highest BCUT2D eigenvalue weighted by atomic mass is 32.2. The lowest BCUT2D eigenvalue weighted by Crippen LogP contribution is -2.12. The Labute approximate surface area is 191 Å². The minimum atomic E-state index is -0.0609. The number of thioether (sulfide) groups is 1. The van der Waals surface area contributed by atoms with Gasteiger partial charge >= 0.3 is 0 Å². The Morgan fingerprint density at radius 1 is 1.00 bits per heavy atom. The molecule has 0 aliphatic heterocycles. The van der Waals surface area contributed by atoms with E-state index in [1.54, 1.807) is 14.0 Å². The van der Waals surface area contributed by atoms with E-state index in [0.29, 0.717) is 24.9 Å². The largest absolute Gasteiger partial charge is 0.485 e. The van der Waals surface area contributed by atoms with Crippen LogP contribution in [-0.4, -0.2) is 38.7 Å². The van der Waals surface area contributed by atoms with Crippen LogP contribution >= 0.6 is 11.8 Å². The number of hydrogen-bond donors (Lipinski definition) is 0. The van der Waals surface area contributed by atoms with Crippen LogP contribution in [0.5, 0.6) is 5.75 Å². The highest BCUT2D eigenvalue weighted by Gasteiger charge is 2.20. The third-order valence-corrected chi connectivity index (χ3v) is 5.88. The molecule has 1 atom stereocenters. The number of benzene rings is 2. The molecule has 4 aromatic rings. The smallest absolute Gasteiger partial charge is 0.229 e. The van der Waals surface area contributed by atoms with Gasteiger partial charge in [0.2, 0.25) is 11.8 Å². The zero-order valence-electron chi connectivity index (χ0n) is 18.3. The van der Waals surface area contributed by atoms with Gasteiger partial charge in [-0.15, -0.1) is 20.4 Å². The molecule has 0 unspecified atom stereocenters. The molecule has 2 heterocycles. The van der Waals surface area contributed by atoms with Crippen LogP contribution in [0.4, 0.5) is 0 Å². The molecule has 0 aliphatic rings. The Balaban J connectivity index is 1.53. The summed E-state index contributed by atoms with van der Waals surface area (Å²) in [6.45, 7) is 5.21. The Hall–Kier alpha value is -3.17. The van der Waals surface area contributed by atoms with Crippen molar-refractivity contribution in [2.24, 2.45) is 0 Å². The number of para-hydroxylation sites is 1. The first-order valence-electron chi connectivity index (χ1n) is 10.3. The van der Waals surface area contributed by atoms with Crippen LogP contribution < -0.4 is 4.74 Å². The van der Waals surface area contributed by atoms with Crippen LogP contribution in [0.2, 0.25) is 0 Å². The highest BCUT2D eigenvalue weighted by Crippen LogP contribution is 2.34. The molecule has 0 spiro atoms. The van der Waals surface area contributed by atoms with Crippen LogP contribution in [0.15, 0.2) is 64.2 Å². The molecule has 4 rings (SSSR count). The molecule has 0 bridgehead atoms. The summed E-state index contributed by atoms with van der Waals surface area (Å²) in [5.74, 6) is 2.62. The zero-order chi connectivity index (χ0) is 22.3.